The number of ether oxygens (including phenoxy) is 1. The highest BCUT2D eigenvalue weighted by molar-refractivity contribution is 6.17. The molecule has 19 heavy (non-hydrogen) atoms. The lowest BCUT2D eigenvalue weighted by Gasteiger charge is -2.19. The average Bonchev–Trinajstić information content (AvgIpc) is 2.45. The quantitative estimate of drug-likeness (QED) is 0.231. The summed E-state index contributed by atoms with van der Waals surface area (Å²) in [5.74, 6) is -0.143. The van der Waals surface area contributed by atoms with Gasteiger partial charge in [0.2, 0.25) is 0 Å². The summed E-state index contributed by atoms with van der Waals surface area (Å²) in [4.78, 5) is 23.9. The SMILES string of the molecule is CCCCOC(=O)C(=CC1CCCCC1)C(=O)CC. The van der Waals surface area contributed by atoms with Gasteiger partial charge in [0.15, 0.2) is 5.78 Å². The Balaban J connectivity index is 2.67. The fourth-order valence-corrected chi connectivity index (χ4v) is 2.39. The van der Waals surface area contributed by atoms with Crippen LogP contribution in [-0.2, 0) is 14.3 Å². The van der Waals surface area contributed by atoms with Gasteiger partial charge in [-0.05, 0) is 25.2 Å². The summed E-state index contributed by atoms with van der Waals surface area (Å²) in [5, 5.41) is 0. The predicted molar refractivity (Wildman–Crippen MR) is 75.8 cm³/mol. The Kier molecular flexibility index (Phi) is 7.46. The van der Waals surface area contributed by atoms with Gasteiger partial charge in [-0.1, -0.05) is 45.6 Å². The van der Waals surface area contributed by atoms with Crippen LogP contribution >= 0.6 is 0 Å². The fraction of sp³-hybridized carbons (Fsp3) is 0.750. The standard InChI is InChI=1S/C16H26O3/c1-3-5-11-19-16(18)14(15(17)4-2)12-13-9-7-6-8-10-13/h12-13H,3-11H2,1-2H3. The molecule has 3 heteroatoms. The van der Waals surface area contributed by atoms with E-state index in [4.69, 9.17) is 4.74 Å². The van der Waals surface area contributed by atoms with Gasteiger partial charge in [-0.3, -0.25) is 4.79 Å². The highest BCUT2D eigenvalue weighted by Crippen LogP contribution is 2.26. The Bertz CT molecular complexity index is 325. The zero-order chi connectivity index (χ0) is 14.1. The minimum absolute atomic E-state index is 0.0907. The molecule has 0 spiro atoms. The highest BCUT2D eigenvalue weighted by Gasteiger charge is 2.21. The topological polar surface area (TPSA) is 43.4 Å². The van der Waals surface area contributed by atoms with Crippen LogP contribution in [0.5, 0.6) is 0 Å². The molecular weight excluding hydrogens is 240 g/mol. The Morgan fingerprint density at radius 1 is 1.16 bits per heavy atom. The molecule has 1 saturated carbocycles. The third-order valence-electron chi connectivity index (χ3n) is 3.62. The van der Waals surface area contributed by atoms with Crippen molar-refractivity contribution in [2.75, 3.05) is 6.61 Å². The van der Waals surface area contributed by atoms with E-state index in [0.29, 0.717) is 18.9 Å². The first-order valence-corrected chi connectivity index (χ1v) is 7.61. The van der Waals surface area contributed by atoms with Crippen LogP contribution in [0.1, 0.15) is 65.2 Å². The molecule has 0 heterocycles. The first-order chi connectivity index (χ1) is 9.19. The maximum Gasteiger partial charge on any atom is 0.341 e. The maximum absolute atomic E-state index is 12.0. The number of Topliss-reactive ketones (excluding diaryl/α,β-unsaturated/α-hetero) is 1. The second kappa shape index (κ2) is 8.89. The van der Waals surface area contributed by atoms with Crippen LogP contribution in [0.2, 0.25) is 0 Å². The van der Waals surface area contributed by atoms with Crippen molar-refractivity contribution in [3.8, 4) is 0 Å². The first kappa shape index (κ1) is 15.9. The summed E-state index contributed by atoms with van der Waals surface area (Å²) in [6.45, 7) is 4.24. The van der Waals surface area contributed by atoms with Crippen LogP contribution in [-0.4, -0.2) is 18.4 Å². The van der Waals surface area contributed by atoms with E-state index in [1.807, 2.05) is 13.0 Å². The van der Waals surface area contributed by atoms with Crippen molar-refractivity contribution in [2.24, 2.45) is 5.92 Å². The Hall–Kier alpha value is -1.12. The van der Waals surface area contributed by atoms with Crippen molar-refractivity contribution < 1.29 is 14.3 Å². The molecule has 0 aromatic carbocycles. The molecule has 0 saturated heterocycles. The van der Waals surface area contributed by atoms with Crippen molar-refractivity contribution in [1.29, 1.82) is 0 Å². The third kappa shape index (κ3) is 5.58. The smallest absolute Gasteiger partial charge is 0.341 e. The van der Waals surface area contributed by atoms with Crippen molar-refractivity contribution in [3.63, 3.8) is 0 Å². The van der Waals surface area contributed by atoms with Crippen LogP contribution in [0.4, 0.5) is 0 Å². The van der Waals surface area contributed by atoms with Gasteiger partial charge in [-0.15, -0.1) is 0 Å². The number of unbranched alkanes of at least 4 members (excludes halogenated alkanes) is 1. The lowest BCUT2D eigenvalue weighted by molar-refractivity contribution is -0.140. The van der Waals surface area contributed by atoms with Crippen molar-refractivity contribution in [2.45, 2.75) is 65.2 Å². The highest BCUT2D eigenvalue weighted by atomic mass is 16.5. The molecule has 1 fully saturated rings. The molecule has 0 atom stereocenters. The number of carbonyl (C=O) groups is 2. The molecule has 0 aliphatic heterocycles. The number of esters is 1. The van der Waals surface area contributed by atoms with E-state index in [9.17, 15) is 9.59 Å². The number of allylic oxidation sites excluding steroid dienone is 1. The van der Waals surface area contributed by atoms with Gasteiger partial charge >= 0.3 is 5.97 Å². The van der Waals surface area contributed by atoms with E-state index in [0.717, 1.165) is 25.7 Å². The minimum atomic E-state index is -0.425. The number of hydrogen-bond acceptors (Lipinski definition) is 3. The Morgan fingerprint density at radius 2 is 1.84 bits per heavy atom. The first-order valence-electron chi connectivity index (χ1n) is 7.61. The monoisotopic (exact) mass is 266 g/mol. The van der Waals surface area contributed by atoms with Crippen molar-refractivity contribution >= 4 is 11.8 Å². The summed E-state index contributed by atoms with van der Waals surface area (Å²) in [7, 11) is 0. The van der Waals surface area contributed by atoms with E-state index in [1.54, 1.807) is 6.92 Å². The normalized spacial score (nSPS) is 17.3. The number of hydrogen-bond donors (Lipinski definition) is 0. The lowest BCUT2D eigenvalue weighted by atomic mass is 9.87. The zero-order valence-corrected chi connectivity index (χ0v) is 12.2. The van der Waals surface area contributed by atoms with Crippen LogP contribution in [0.15, 0.2) is 11.6 Å². The predicted octanol–water partition coefficient (Wildman–Crippen LogP) is 3.82. The van der Waals surface area contributed by atoms with Gasteiger partial charge in [-0.2, -0.15) is 0 Å². The molecule has 0 N–H and O–H groups in total. The molecule has 3 nitrogen and oxygen atoms in total. The number of rotatable bonds is 7. The Labute approximate surface area is 116 Å². The van der Waals surface area contributed by atoms with E-state index < -0.39 is 5.97 Å². The molecule has 0 amide bonds. The number of ketones is 1. The summed E-state index contributed by atoms with van der Waals surface area (Å²) in [5.41, 5.74) is 0.283. The van der Waals surface area contributed by atoms with Gasteiger partial charge < -0.3 is 4.74 Å². The van der Waals surface area contributed by atoms with Gasteiger partial charge in [-0.25, -0.2) is 4.79 Å². The van der Waals surface area contributed by atoms with E-state index in [1.165, 1.54) is 19.3 Å². The van der Waals surface area contributed by atoms with E-state index in [2.05, 4.69) is 0 Å². The van der Waals surface area contributed by atoms with E-state index >= 15 is 0 Å². The second-order valence-electron chi connectivity index (χ2n) is 5.24. The molecule has 108 valence electrons. The lowest BCUT2D eigenvalue weighted by Crippen LogP contribution is -2.18. The molecule has 0 aromatic heterocycles. The molecule has 0 bridgehead atoms. The van der Waals surface area contributed by atoms with Gasteiger partial charge in [0, 0.05) is 6.42 Å². The van der Waals surface area contributed by atoms with Crippen LogP contribution in [0.3, 0.4) is 0 Å². The zero-order valence-electron chi connectivity index (χ0n) is 12.2. The Morgan fingerprint density at radius 3 is 2.42 bits per heavy atom. The molecule has 1 rings (SSSR count). The molecule has 0 unspecified atom stereocenters. The van der Waals surface area contributed by atoms with Gasteiger partial charge in [0.25, 0.3) is 0 Å². The largest absolute Gasteiger partial charge is 0.462 e. The molecule has 0 aromatic rings. The average molecular weight is 266 g/mol. The fourth-order valence-electron chi connectivity index (χ4n) is 2.39. The summed E-state index contributed by atoms with van der Waals surface area (Å²) in [6, 6.07) is 0. The summed E-state index contributed by atoms with van der Waals surface area (Å²) >= 11 is 0. The molecule has 1 aliphatic carbocycles. The van der Waals surface area contributed by atoms with Crippen LogP contribution in [0, 0.1) is 5.92 Å². The van der Waals surface area contributed by atoms with Crippen molar-refractivity contribution in [1.82, 2.24) is 0 Å². The number of carbonyl (C=O) groups excluding carboxylic acids is 2. The maximum atomic E-state index is 12.0. The van der Waals surface area contributed by atoms with Gasteiger partial charge in [0.1, 0.15) is 0 Å². The molecule has 0 radical (unpaired) electrons. The second-order valence-corrected chi connectivity index (χ2v) is 5.24. The van der Waals surface area contributed by atoms with Crippen molar-refractivity contribution in [3.05, 3.63) is 11.6 Å². The van der Waals surface area contributed by atoms with Gasteiger partial charge in [0.05, 0.1) is 12.2 Å². The third-order valence-corrected chi connectivity index (χ3v) is 3.62. The molecular formula is C16H26O3. The van der Waals surface area contributed by atoms with Crippen LogP contribution in [0.25, 0.3) is 0 Å². The van der Waals surface area contributed by atoms with E-state index in [-0.39, 0.29) is 11.4 Å². The minimum Gasteiger partial charge on any atom is -0.462 e. The summed E-state index contributed by atoms with van der Waals surface area (Å²) < 4.78 is 5.18. The molecule has 1 aliphatic rings. The summed E-state index contributed by atoms with van der Waals surface area (Å²) in [6.07, 6.45) is 9.90. The van der Waals surface area contributed by atoms with Crippen LogP contribution < -0.4 is 0 Å².